The van der Waals surface area contributed by atoms with Gasteiger partial charge in [0.1, 0.15) is 0 Å². The normalized spacial score (nSPS) is 11.7. The molecular weight excluding hydrogens is 149 g/mol. The van der Waals surface area contributed by atoms with Crippen LogP contribution < -0.4 is 4.75 Å². The first kappa shape index (κ1) is 6.39. The van der Waals surface area contributed by atoms with Gasteiger partial charge in [0, 0.05) is 0 Å². The summed E-state index contributed by atoms with van der Waals surface area (Å²) >= 11 is -0.931. The summed E-state index contributed by atoms with van der Waals surface area (Å²) in [6.07, 6.45) is 0. The average Bonchev–Trinajstić information content (AvgIpc) is 1.35. The molecular formula is H3MnNO3S. The maximum atomic E-state index is 9.44. The summed E-state index contributed by atoms with van der Waals surface area (Å²) in [6.45, 7) is 0. The van der Waals surface area contributed by atoms with E-state index in [1.54, 1.807) is 0 Å². The van der Waals surface area contributed by atoms with Gasteiger partial charge < -0.3 is 0 Å². The Kier molecular flexibility index (Phi) is 2.03. The monoisotopic (exact) mass is 152 g/mol. The standard InChI is InChI=1S/Mn.H2N.HO3S/c;;1-4(2)3/h;1H2;(H,1,2,3)/q+1;-1;. The van der Waals surface area contributed by atoms with Crippen molar-refractivity contribution in [2.24, 2.45) is 4.75 Å². The Hall–Kier alpha value is 0.389. The fourth-order valence-corrected chi connectivity index (χ4v) is 0. The van der Waals surface area contributed by atoms with Crippen molar-refractivity contribution in [3.05, 3.63) is 0 Å². The van der Waals surface area contributed by atoms with Gasteiger partial charge in [-0.15, -0.1) is 0 Å². The van der Waals surface area contributed by atoms with Crippen LogP contribution >= 0.6 is 0 Å². The van der Waals surface area contributed by atoms with Gasteiger partial charge in [-0.1, -0.05) is 0 Å². The van der Waals surface area contributed by atoms with Crippen LogP contribution in [-0.4, -0.2) is 13.0 Å². The molecule has 0 saturated carbocycles. The Bertz CT molecular complexity index is 113. The van der Waals surface area contributed by atoms with Crippen molar-refractivity contribution >= 4 is 8.54 Å². The third-order valence-electron chi connectivity index (χ3n) is 0.113. The van der Waals surface area contributed by atoms with Gasteiger partial charge in [0.15, 0.2) is 0 Å². The molecule has 0 aliphatic carbocycles. The predicted octanol–water partition coefficient (Wildman–Crippen LogP) is -1.25. The summed E-state index contributed by atoms with van der Waals surface area (Å²) in [4.78, 5) is 0. The Morgan fingerprint density at radius 3 is 1.83 bits per heavy atom. The molecule has 0 bridgehead atoms. The van der Waals surface area contributed by atoms with Gasteiger partial charge in [0.05, 0.1) is 0 Å². The van der Waals surface area contributed by atoms with Crippen molar-refractivity contribution in [1.29, 1.82) is 0 Å². The third kappa shape index (κ3) is 4.39. The van der Waals surface area contributed by atoms with Crippen molar-refractivity contribution in [2.75, 3.05) is 0 Å². The van der Waals surface area contributed by atoms with Crippen molar-refractivity contribution in [1.82, 2.24) is 0 Å². The fraction of sp³-hybridized carbons (Fsp3) is 0. The molecule has 0 aromatic heterocycles. The summed E-state index contributed by atoms with van der Waals surface area (Å²) in [5.74, 6) is 0. The van der Waals surface area contributed by atoms with E-state index in [4.69, 9.17) is 4.55 Å². The summed E-state index contributed by atoms with van der Waals surface area (Å²) in [5.41, 5.74) is 0. The van der Waals surface area contributed by atoms with E-state index in [0.717, 1.165) is 0 Å². The molecule has 0 aromatic carbocycles. The fourth-order valence-electron chi connectivity index (χ4n) is 0. The van der Waals surface area contributed by atoms with Gasteiger partial charge in [-0.05, 0) is 0 Å². The van der Waals surface area contributed by atoms with Crippen LogP contribution in [0.4, 0.5) is 0 Å². The second-order valence-electron chi connectivity index (χ2n) is 0.501. The molecule has 0 amide bonds. The molecule has 0 radical (unpaired) electrons. The van der Waals surface area contributed by atoms with E-state index in [1.165, 1.54) is 0 Å². The summed E-state index contributed by atoms with van der Waals surface area (Å²) in [6, 6.07) is 0. The van der Waals surface area contributed by atoms with Gasteiger partial charge in [0.25, 0.3) is 0 Å². The van der Waals surface area contributed by atoms with Crippen LogP contribution in [0.2, 0.25) is 0 Å². The molecule has 4 nitrogen and oxygen atoms in total. The van der Waals surface area contributed by atoms with Crippen molar-refractivity contribution in [3.8, 4) is 0 Å². The van der Waals surface area contributed by atoms with Crippen molar-refractivity contribution in [3.63, 3.8) is 0 Å². The molecule has 0 fully saturated rings. The SMILES string of the molecule is [NH2][Mn][S](=O)(=O)O. The van der Waals surface area contributed by atoms with E-state index in [2.05, 4.69) is 4.75 Å². The first-order chi connectivity index (χ1) is 2.56. The molecule has 6 heteroatoms. The first-order valence-electron chi connectivity index (χ1n) is 0.888. The van der Waals surface area contributed by atoms with Gasteiger partial charge in [0.2, 0.25) is 0 Å². The van der Waals surface area contributed by atoms with Crippen molar-refractivity contribution in [2.45, 2.75) is 0 Å². The second kappa shape index (κ2) is 1.90. The Balaban J connectivity index is 3.85. The quantitative estimate of drug-likeness (QED) is 0.363. The van der Waals surface area contributed by atoms with E-state index in [1.807, 2.05) is 0 Å². The summed E-state index contributed by atoms with van der Waals surface area (Å²) in [5, 5.41) is 0. The predicted molar refractivity (Wildman–Crippen MR) is 15.7 cm³/mol. The average molecular weight is 152 g/mol. The molecule has 0 atom stereocenters. The van der Waals surface area contributed by atoms with Crippen LogP contribution in [0.25, 0.3) is 0 Å². The molecule has 0 aliphatic heterocycles. The van der Waals surface area contributed by atoms with E-state index in [0.29, 0.717) is 0 Å². The molecule has 0 unspecified atom stereocenters. The van der Waals surface area contributed by atoms with Gasteiger partial charge in [-0.25, -0.2) is 0 Å². The zero-order valence-electron chi connectivity index (χ0n) is 2.63. The molecule has 0 spiro atoms. The van der Waals surface area contributed by atoms with E-state index in [9.17, 15) is 8.42 Å². The number of hydrogen-bond acceptors (Lipinski definition) is 3. The molecule has 6 heavy (non-hydrogen) atoms. The topological polar surface area (TPSA) is 80.4 Å². The van der Waals surface area contributed by atoms with Crippen molar-refractivity contribution < 1.29 is 27.0 Å². The Labute approximate surface area is 40.9 Å². The molecule has 3 N–H and O–H groups in total. The molecule has 0 saturated heterocycles. The number of rotatable bonds is 1. The van der Waals surface area contributed by atoms with Crippen LogP contribution in [-0.2, 0) is 22.6 Å². The van der Waals surface area contributed by atoms with Crippen LogP contribution in [0.5, 0.6) is 0 Å². The second-order valence-corrected chi connectivity index (χ2v) is 4.17. The Morgan fingerprint density at radius 1 is 1.67 bits per heavy atom. The minimum atomic E-state index is -3.85. The zero-order valence-corrected chi connectivity index (χ0v) is 4.62. The zero-order chi connectivity index (χ0) is 5.21. The van der Waals surface area contributed by atoms with Crippen LogP contribution in [0.15, 0.2) is 0 Å². The minimum absolute atomic E-state index is 0.931. The molecule has 0 aromatic rings. The van der Waals surface area contributed by atoms with E-state index < -0.39 is 22.6 Å². The van der Waals surface area contributed by atoms with Crippen LogP contribution in [0.3, 0.4) is 0 Å². The van der Waals surface area contributed by atoms with E-state index >= 15 is 0 Å². The van der Waals surface area contributed by atoms with Gasteiger partial charge >= 0.3 is 40.3 Å². The first-order valence-corrected chi connectivity index (χ1v) is 4.36. The van der Waals surface area contributed by atoms with Crippen LogP contribution in [0.1, 0.15) is 0 Å². The molecule has 0 rings (SSSR count). The Morgan fingerprint density at radius 2 is 1.83 bits per heavy atom. The maximum absolute atomic E-state index is 9.44. The summed E-state index contributed by atoms with van der Waals surface area (Å²) in [7, 11) is -3.85. The van der Waals surface area contributed by atoms with E-state index in [-0.39, 0.29) is 0 Å². The molecule has 0 aliphatic rings. The summed E-state index contributed by atoms with van der Waals surface area (Å²) < 4.78 is 31.1. The number of hydrogen-bond donors (Lipinski definition) is 2. The number of nitrogens with two attached hydrogens (primary N) is 1. The van der Waals surface area contributed by atoms with Crippen LogP contribution in [0, 0.1) is 0 Å². The van der Waals surface area contributed by atoms with Gasteiger partial charge in [-0.2, -0.15) is 0 Å². The molecule has 39 valence electrons. The molecule has 0 heterocycles. The van der Waals surface area contributed by atoms with Gasteiger partial charge in [-0.3, -0.25) is 0 Å². The third-order valence-corrected chi connectivity index (χ3v) is 1.39.